The summed E-state index contributed by atoms with van der Waals surface area (Å²) in [6.45, 7) is 0. The Balaban J connectivity index is 2.53. The molecule has 0 radical (unpaired) electrons. The molecule has 2 aromatic rings. The number of nitrogens with two attached hydrogens (primary N) is 1. The second kappa shape index (κ2) is 2.86. The number of aromatic hydroxyl groups is 1. The Kier molecular flexibility index (Phi) is 1.70. The molecule has 0 fully saturated rings. The number of nitrogens with one attached hydrogen (secondary N) is 1. The van der Waals surface area contributed by atoms with Crippen LogP contribution in [0.25, 0.3) is 11.1 Å². The van der Waals surface area contributed by atoms with Gasteiger partial charge in [0.25, 0.3) is 0 Å². The number of rotatable bonds is 1. The molecule has 0 bridgehead atoms. The maximum Gasteiger partial charge on any atom is 0.116 e. The molecule has 0 saturated heterocycles. The third-order valence-corrected chi connectivity index (χ3v) is 1.94. The fourth-order valence-corrected chi connectivity index (χ4v) is 1.31. The summed E-state index contributed by atoms with van der Waals surface area (Å²) in [5.41, 5.74) is 7.51. The van der Waals surface area contributed by atoms with Crippen LogP contribution < -0.4 is 5.73 Å². The van der Waals surface area contributed by atoms with E-state index in [0.29, 0.717) is 5.82 Å². The summed E-state index contributed by atoms with van der Waals surface area (Å²) in [6, 6.07) is 8.88. The van der Waals surface area contributed by atoms with E-state index >= 15 is 0 Å². The van der Waals surface area contributed by atoms with E-state index in [2.05, 4.69) is 4.98 Å². The molecule has 66 valence electrons. The van der Waals surface area contributed by atoms with Gasteiger partial charge in [0.2, 0.25) is 0 Å². The van der Waals surface area contributed by atoms with Crippen molar-refractivity contribution in [2.75, 3.05) is 5.73 Å². The van der Waals surface area contributed by atoms with Gasteiger partial charge in [0.05, 0.1) is 0 Å². The Bertz CT molecular complexity index is 420. The number of nitrogen functional groups attached to an aromatic ring is 1. The normalized spacial score (nSPS) is 10.2. The molecule has 1 aromatic carbocycles. The molecule has 13 heavy (non-hydrogen) atoms. The number of anilines is 1. The molecule has 0 atom stereocenters. The summed E-state index contributed by atoms with van der Waals surface area (Å²) >= 11 is 0. The molecule has 0 unspecified atom stereocenters. The molecule has 3 nitrogen and oxygen atoms in total. The second-order valence-corrected chi connectivity index (χ2v) is 2.86. The Morgan fingerprint density at radius 1 is 1.23 bits per heavy atom. The SMILES string of the molecule is Nc1[nH]ccc1-c1cccc(O)c1. The highest BCUT2D eigenvalue weighted by Crippen LogP contribution is 2.26. The fraction of sp³-hybridized carbons (Fsp3) is 0. The monoisotopic (exact) mass is 174 g/mol. The van der Waals surface area contributed by atoms with Crippen molar-refractivity contribution in [1.82, 2.24) is 4.98 Å². The molecule has 0 aliphatic carbocycles. The number of hydrogen-bond donors (Lipinski definition) is 3. The van der Waals surface area contributed by atoms with E-state index in [-0.39, 0.29) is 5.75 Å². The molecule has 0 aliphatic heterocycles. The van der Waals surface area contributed by atoms with Gasteiger partial charge in [0, 0.05) is 11.8 Å². The molecular weight excluding hydrogens is 164 g/mol. The van der Waals surface area contributed by atoms with Gasteiger partial charge in [-0.25, -0.2) is 0 Å². The molecule has 3 heteroatoms. The summed E-state index contributed by atoms with van der Waals surface area (Å²) < 4.78 is 0. The van der Waals surface area contributed by atoms with Crippen LogP contribution in [-0.4, -0.2) is 10.1 Å². The van der Waals surface area contributed by atoms with Crippen LogP contribution >= 0.6 is 0 Å². The van der Waals surface area contributed by atoms with Crippen molar-refractivity contribution in [1.29, 1.82) is 0 Å². The molecule has 0 saturated carbocycles. The zero-order valence-electron chi connectivity index (χ0n) is 6.99. The Labute approximate surface area is 75.8 Å². The second-order valence-electron chi connectivity index (χ2n) is 2.86. The summed E-state index contributed by atoms with van der Waals surface area (Å²) in [5, 5.41) is 9.25. The number of H-pyrrole nitrogens is 1. The summed E-state index contributed by atoms with van der Waals surface area (Å²) in [7, 11) is 0. The Morgan fingerprint density at radius 2 is 2.08 bits per heavy atom. The lowest BCUT2D eigenvalue weighted by molar-refractivity contribution is 0.475. The zero-order chi connectivity index (χ0) is 9.26. The van der Waals surface area contributed by atoms with Gasteiger partial charge >= 0.3 is 0 Å². The van der Waals surface area contributed by atoms with E-state index in [9.17, 15) is 5.11 Å². The van der Waals surface area contributed by atoms with Crippen LogP contribution in [0.15, 0.2) is 36.5 Å². The highest BCUT2D eigenvalue weighted by molar-refractivity contribution is 5.74. The van der Waals surface area contributed by atoms with E-state index in [1.807, 2.05) is 12.1 Å². The van der Waals surface area contributed by atoms with Gasteiger partial charge in [-0.2, -0.15) is 0 Å². The number of aromatic nitrogens is 1. The van der Waals surface area contributed by atoms with Crippen molar-refractivity contribution in [3.05, 3.63) is 36.5 Å². The van der Waals surface area contributed by atoms with Crippen LogP contribution in [0.1, 0.15) is 0 Å². The lowest BCUT2D eigenvalue weighted by Gasteiger charge is -2.00. The summed E-state index contributed by atoms with van der Waals surface area (Å²) in [5.74, 6) is 0.865. The van der Waals surface area contributed by atoms with Crippen LogP contribution in [0.4, 0.5) is 5.82 Å². The Hall–Kier alpha value is -1.90. The van der Waals surface area contributed by atoms with Gasteiger partial charge < -0.3 is 15.8 Å². The number of phenols is 1. The predicted molar refractivity (Wildman–Crippen MR) is 52.3 cm³/mol. The molecule has 1 aromatic heterocycles. The molecular formula is C10H10N2O. The first kappa shape index (κ1) is 7.73. The van der Waals surface area contributed by atoms with E-state index in [1.165, 1.54) is 0 Å². The van der Waals surface area contributed by atoms with Crippen LogP contribution in [0, 0.1) is 0 Å². The lowest BCUT2D eigenvalue weighted by Crippen LogP contribution is -1.86. The summed E-state index contributed by atoms with van der Waals surface area (Å²) in [4.78, 5) is 2.88. The minimum atomic E-state index is 0.248. The largest absolute Gasteiger partial charge is 0.508 e. The highest BCUT2D eigenvalue weighted by Gasteiger charge is 2.02. The van der Waals surface area contributed by atoms with Crippen molar-refractivity contribution in [3.63, 3.8) is 0 Å². The van der Waals surface area contributed by atoms with Crippen LogP contribution in [0.2, 0.25) is 0 Å². The predicted octanol–water partition coefficient (Wildman–Crippen LogP) is 1.97. The summed E-state index contributed by atoms with van der Waals surface area (Å²) in [6.07, 6.45) is 1.77. The minimum absolute atomic E-state index is 0.248. The van der Waals surface area contributed by atoms with Crippen molar-refractivity contribution in [2.24, 2.45) is 0 Å². The van der Waals surface area contributed by atoms with Crippen LogP contribution in [0.5, 0.6) is 5.75 Å². The van der Waals surface area contributed by atoms with Crippen molar-refractivity contribution in [2.45, 2.75) is 0 Å². The third kappa shape index (κ3) is 1.36. The highest BCUT2D eigenvalue weighted by atomic mass is 16.3. The lowest BCUT2D eigenvalue weighted by atomic mass is 10.1. The molecule has 0 amide bonds. The van der Waals surface area contributed by atoms with Gasteiger partial charge in [-0.05, 0) is 23.8 Å². The van der Waals surface area contributed by atoms with Gasteiger partial charge in [-0.1, -0.05) is 12.1 Å². The maximum absolute atomic E-state index is 9.25. The van der Waals surface area contributed by atoms with Crippen molar-refractivity contribution < 1.29 is 5.11 Å². The molecule has 1 heterocycles. The number of phenolic OH excluding ortho intramolecular Hbond substituents is 1. The van der Waals surface area contributed by atoms with Crippen LogP contribution in [-0.2, 0) is 0 Å². The van der Waals surface area contributed by atoms with E-state index in [4.69, 9.17) is 5.73 Å². The average molecular weight is 174 g/mol. The van der Waals surface area contributed by atoms with Gasteiger partial charge in [0.1, 0.15) is 11.6 Å². The van der Waals surface area contributed by atoms with Gasteiger partial charge in [-0.3, -0.25) is 0 Å². The smallest absolute Gasteiger partial charge is 0.116 e. The van der Waals surface area contributed by atoms with Crippen molar-refractivity contribution in [3.8, 4) is 16.9 Å². The quantitative estimate of drug-likeness (QED) is 0.619. The van der Waals surface area contributed by atoms with E-state index in [0.717, 1.165) is 11.1 Å². The van der Waals surface area contributed by atoms with Gasteiger partial charge in [0.15, 0.2) is 0 Å². The molecule has 0 aliphatic rings. The fourth-order valence-electron chi connectivity index (χ4n) is 1.31. The topological polar surface area (TPSA) is 62.0 Å². The van der Waals surface area contributed by atoms with Crippen molar-refractivity contribution >= 4 is 5.82 Å². The maximum atomic E-state index is 9.25. The van der Waals surface area contributed by atoms with Crippen LogP contribution in [0.3, 0.4) is 0 Å². The first-order chi connectivity index (χ1) is 6.27. The minimum Gasteiger partial charge on any atom is -0.508 e. The number of benzene rings is 1. The number of hydrogen-bond acceptors (Lipinski definition) is 2. The Morgan fingerprint density at radius 3 is 2.69 bits per heavy atom. The van der Waals surface area contributed by atoms with Gasteiger partial charge in [-0.15, -0.1) is 0 Å². The van der Waals surface area contributed by atoms with E-state index in [1.54, 1.807) is 24.4 Å². The molecule has 0 spiro atoms. The first-order valence-corrected chi connectivity index (χ1v) is 3.99. The molecule has 4 N–H and O–H groups in total. The average Bonchev–Trinajstić information content (AvgIpc) is 2.51. The number of aromatic amines is 1. The zero-order valence-corrected chi connectivity index (χ0v) is 6.99. The molecule has 2 rings (SSSR count). The standard InChI is InChI=1S/C10H10N2O/c11-10-9(4-5-12-10)7-2-1-3-8(13)6-7/h1-6,12-13H,11H2. The first-order valence-electron chi connectivity index (χ1n) is 3.99. The third-order valence-electron chi connectivity index (χ3n) is 1.94. The van der Waals surface area contributed by atoms with E-state index < -0.39 is 0 Å².